The lowest BCUT2D eigenvalue weighted by Gasteiger charge is -2.05. The molecule has 6 heteroatoms. The topological polar surface area (TPSA) is 80.9 Å². The van der Waals surface area contributed by atoms with Crippen LogP contribution >= 0.6 is 0 Å². The van der Waals surface area contributed by atoms with Crippen molar-refractivity contribution in [3.63, 3.8) is 0 Å². The number of benzene rings is 2. The van der Waals surface area contributed by atoms with E-state index in [4.69, 9.17) is 4.42 Å². The molecule has 0 unspecified atom stereocenters. The van der Waals surface area contributed by atoms with Crippen LogP contribution in [0.25, 0.3) is 22.9 Å². The molecule has 0 bridgehead atoms. The van der Waals surface area contributed by atoms with E-state index in [2.05, 4.69) is 20.5 Å². The number of aryl methyl sites for hydroxylation is 1. The largest absolute Gasteiger partial charge is 0.416 e. The molecule has 0 aliphatic rings. The predicted octanol–water partition coefficient (Wildman–Crippen LogP) is 4.08. The van der Waals surface area contributed by atoms with E-state index in [-0.39, 0.29) is 5.91 Å². The minimum Gasteiger partial charge on any atom is -0.416 e. The molecule has 1 amide bonds. The Morgan fingerprint density at radius 3 is 2.45 bits per heavy atom. The first-order chi connectivity index (χ1) is 14.2. The van der Waals surface area contributed by atoms with Gasteiger partial charge in [0, 0.05) is 41.5 Å². The van der Waals surface area contributed by atoms with Gasteiger partial charge in [-0.1, -0.05) is 24.3 Å². The summed E-state index contributed by atoms with van der Waals surface area (Å²) in [5, 5.41) is 11.2. The van der Waals surface area contributed by atoms with Crippen LogP contribution in [0.3, 0.4) is 0 Å². The van der Waals surface area contributed by atoms with Gasteiger partial charge in [-0.25, -0.2) is 0 Å². The van der Waals surface area contributed by atoms with Gasteiger partial charge in [0.1, 0.15) is 0 Å². The van der Waals surface area contributed by atoms with E-state index >= 15 is 0 Å². The van der Waals surface area contributed by atoms with E-state index in [0.29, 0.717) is 30.3 Å². The van der Waals surface area contributed by atoms with E-state index in [9.17, 15) is 4.79 Å². The number of pyridine rings is 1. The van der Waals surface area contributed by atoms with Crippen LogP contribution in [-0.2, 0) is 6.42 Å². The summed E-state index contributed by atoms with van der Waals surface area (Å²) in [6.45, 7) is 2.53. The highest BCUT2D eigenvalue weighted by atomic mass is 16.4. The smallest absolute Gasteiger partial charge is 0.251 e. The minimum absolute atomic E-state index is 0.126. The number of aromatic nitrogens is 3. The molecule has 0 fully saturated rings. The molecule has 0 aliphatic carbocycles. The fourth-order valence-electron chi connectivity index (χ4n) is 2.98. The Morgan fingerprint density at radius 1 is 0.931 bits per heavy atom. The molecule has 0 aliphatic heterocycles. The van der Waals surface area contributed by atoms with Gasteiger partial charge in [0.15, 0.2) is 0 Å². The molecule has 4 aromatic rings. The maximum atomic E-state index is 12.3. The second kappa shape index (κ2) is 8.48. The molecular weight excluding hydrogens is 364 g/mol. The second-order valence-electron chi connectivity index (χ2n) is 6.63. The van der Waals surface area contributed by atoms with E-state index in [1.807, 2.05) is 61.5 Å². The zero-order valence-corrected chi connectivity index (χ0v) is 16.0. The van der Waals surface area contributed by atoms with Crippen LogP contribution < -0.4 is 5.32 Å². The van der Waals surface area contributed by atoms with Gasteiger partial charge in [-0.15, -0.1) is 10.2 Å². The number of carbonyl (C=O) groups is 1. The van der Waals surface area contributed by atoms with Gasteiger partial charge in [-0.05, 0) is 55.0 Å². The van der Waals surface area contributed by atoms with Gasteiger partial charge in [-0.2, -0.15) is 0 Å². The van der Waals surface area contributed by atoms with Gasteiger partial charge >= 0.3 is 0 Å². The van der Waals surface area contributed by atoms with E-state index in [1.54, 1.807) is 18.3 Å². The Hall–Kier alpha value is -3.80. The molecule has 0 radical (unpaired) electrons. The van der Waals surface area contributed by atoms with E-state index in [1.165, 1.54) is 0 Å². The lowest BCUT2D eigenvalue weighted by Crippen LogP contribution is -2.25. The Morgan fingerprint density at radius 2 is 1.69 bits per heavy atom. The van der Waals surface area contributed by atoms with Crippen LogP contribution in [-0.4, -0.2) is 27.6 Å². The predicted molar refractivity (Wildman–Crippen MR) is 110 cm³/mol. The first-order valence-corrected chi connectivity index (χ1v) is 9.39. The number of hydrogen-bond donors (Lipinski definition) is 1. The maximum Gasteiger partial charge on any atom is 0.251 e. The minimum atomic E-state index is -0.126. The zero-order chi connectivity index (χ0) is 20.1. The molecule has 4 rings (SSSR count). The van der Waals surface area contributed by atoms with Crippen molar-refractivity contribution in [1.82, 2.24) is 20.5 Å². The summed E-state index contributed by atoms with van der Waals surface area (Å²) in [5.74, 6) is 0.776. The first-order valence-electron chi connectivity index (χ1n) is 9.39. The molecule has 2 heterocycles. The quantitative estimate of drug-likeness (QED) is 0.542. The fourth-order valence-corrected chi connectivity index (χ4v) is 2.98. The standard InChI is InChI=1S/C23H20N4O2/c1-16-6-2-3-8-20(16)23-27-26-22(29-23)18-11-9-17(10-12-18)21(28)25-15-13-19-7-4-5-14-24-19/h2-12,14H,13,15H2,1H3,(H,25,28). The van der Waals surface area contributed by atoms with Crippen molar-refractivity contribution in [1.29, 1.82) is 0 Å². The summed E-state index contributed by atoms with van der Waals surface area (Å²) in [7, 11) is 0. The molecule has 0 saturated heterocycles. The van der Waals surface area contributed by atoms with Crippen molar-refractivity contribution in [3.05, 3.63) is 89.7 Å². The first kappa shape index (κ1) is 18.6. The number of nitrogens with zero attached hydrogens (tertiary/aromatic N) is 3. The third-order valence-electron chi connectivity index (χ3n) is 4.59. The molecule has 2 aromatic heterocycles. The summed E-state index contributed by atoms with van der Waals surface area (Å²) in [6, 6.07) is 20.7. The van der Waals surface area contributed by atoms with Crippen molar-refractivity contribution in [3.8, 4) is 22.9 Å². The Labute approximate surface area is 168 Å². The third kappa shape index (κ3) is 4.38. The lowest BCUT2D eigenvalue weighted by atomic mass is 10.1. The summed E-state index contributed by atoms with van der Waals surface area (Å²) in [6.07, 6.45) is 2.44. The van der Waals surface area contributed by atoms with Crippen molar-refractivity contribution < 1.29 is 9.21 Å². The average molecular weight is 384 g/mol. The van der Waals surface area contributed by atoms with Crippen LogP contribution in [0.2, 0.25) is 0 Å². The molecule has 0 atom stereocenters. The Kier molecular flexibility index (Phi) is 5.42. The SMILES string of the molecule is Cc1ccccc1-c1nnc(-c2ccc(C(=O)NCCc3ccccn3)cc2)o1. The number of hydrogen-bond acceptors (Lipinski definition) is 5. The zero-order valence-electron chi connectivity index (χ0n) is 16.0. The van der Waals surface area contributed by atoms with Gasteiger partial charge in [0.25, 0.3) is 5.91 Å². The highest BCUT2D eigenvalue weighted by Crippen LogP contribution is 2.26. The molecule has 0 spiro atoms. The summed E-state index contributed by atoms with van der Waals surface area (Å²) in [5.41, 5.74) is 4.27. The molecule has 2 aromatic carbocycles. The number of nitrogens with one attached hydrogen (secondary N) is 1. The molecule has 144 valence electrons. The van der Waals surface area contributed by atoms with Gasteiger partial charge in [0.2, 0.25) is 11.8 Å². The summed E-state index contributed by atoms with van der Waals surface area (Å²) >= 11 is 0. The number of rotatable bonds is 6. The van der Waals surface area contributed by atoms with Crippen LogP contribution in [0.1, 0.15) is 21.6 Å². The fraction of sp³-hybridized carbons (Fsp3) is 0.130. The van der Waals surface area contributed by atoms with Crippen molar-refractivity contribution in [2.75, 3.05) is 6.54 Å². The highest BCUT2D eigenvalue weighted by molar-refractivity contribution is 5.94. The number of amides is 1. The molecule has 0 saturated carbocycles. The van der Waals surface area contributed by atoms with Crippen LogP contribution in [0, 0.1) is 6.92 Å². The van der Waals surface area contributed by atoms with Crippen LogP contribution in [0.15, 0.2) is 77.3 Å². The summed E-state index contributed by atoms with van der Waals surface area (Å²) in [4.78, 5) is 16.6. The molecule has 29 heavy (non-hydrogen) atoms. The molecule has 6 nitrogen and oxygen atoms in total. The van der Waals surface area contributed by atoms with Crippen molar-refractivity contribution >= 4 is 5.91 Å². The Bertz CT molecular complexity index is 1110. The van der Waals surface area contributed by atoms with Crippen molar-refractivity contribution in [2.24, 2.45) is 0 Å². The third-order valence-corrected chi connectivity index (χ3v) is 4.59. The molecular formula is C23H20N4O2. The monoisotopic (exact) mass is 384 g/mol. The van der Waals surface area contributed by atoms with Crippen LogP contribution in [0.5, 0.6) is 0 Å². The normalized spacial score (nSPS) is 10.7. The second-order valence-corrected chi connectivity index (χ2v) is 6.63. The molecule has 1 N–H and O–H groups in total. The highest BCUT2D eigenvalue weighted by Gasteiger charge is 2.13. The van der Waals surface area contributed by atoms with Gasteiger partial charge in [-0.3, -0.25) is 9.78 Å². The van der Waals surface area contributed by atoms with E-state index < -0.39 is 0 Å². The van der Waals surface area contributed by atoms with E-state index in [0.717, 1.165) is 22.4 Å². The summed E-state index contributed by atoms with van der Waals surface area (Å²) < 4.78 is 5.82. The van der Waals surface area contributed by atoms with Gasteiger partial charge < -0.3 is 9.73 Å². The van der Waals surface area contributed by atoms with Crippen molar-refractivity contribution in [2.45, 2.75) is 13.3 Å². The van der Waals surface area contributed by atoms with Gasteiger partial charge in [0.05, 0.1) is 0 Å². The average Bonchev–Trinajstić information content (AvgIpc) is 3.25. The van der Waals surface area contributed by atoms with Crippen LogP contribution in [0.4, 0.5) is 0 Å². The maximum absolute atomic E-state index is 12.3. The number of carbonyl (C=O) groups excluding carboxylic acids is 1. The Balaban J connectivity index is 1.40. The lowest BCUT2D eigenvalue weighted by molar-refractivity contribution is 0.0954.